The van der Waals surface area contributed by atoms with Gasteiger partial charge in [0, 0.05) is 16.1 Å². The van der Waals surface area contributed by atoms with Crippen LogP contribution in [0.25, 0.3) is 0 Å². The van der Waals surface area contributed by atoms with Gasteiger partial charge in [-0.15, -0.1) is 0 Å². The van der Waals surface area contributed by atoms with E-state index in [0.717, 1.165) is 6.07 Å². The number of nitrogens with two attached hydrogens (primary N) is 1. The molecule has 1 aromatic heterocycles. The molecule has 0 aliphatic carbocycles. The Kier molecular flexibility index (Phi) is 3.17. The molecule has 2 N–H and O–H groups in total. The third-order valence-electron chi connectivity index (χ3n) is 2.62. The van der Waals surface area contributed by atoms with E-state index in [-0.39, 0.29) is 10.6 Å². The quantitative estimate of drug-likeness (QED) is 0.836. The standard InChI is InChI=1S/C12H10ClF2NO/c1-6-7(4-5-17-6)12(16)10-8(13)2-3-9(14)11(10)15/h2-5,12H,16H2,1H3. The maximum atomic E-state index is 13.7. The van der Waals surface area contributed by atoms with Crippen molar-refractivity contribution in [3.63, 3.8) is 0 Å². The summed E-state index contributed by atoms with van der Waals surface area (Å²) in [7, 11) is 0. The Morgan fingerprint density at radius 2 is 2.00 bits per heavy atom. The summed E-state index contributed by atoms with van der Waals surface area (Å²) >= 11 is 5.85. The van der Waals surface area contributed by atoms with Crippen LogP contribution in [0.15, 0.2) is 28.9 Å². The Morgan fingerprint density at radius 3 is 2.59 bits per heavy atom. The lowest BCUT2D eigenvalue weighted by atomic mass is 9.99. The summed E-state index contributed by atoms with van der Waals surface area (Å²) in [6, 6.07) is 3.01. The van der Waals surface area contributed by atoms with E-state index < -0.39 is 17.7 Å². The molecular formula is C12H10ClF2NO. The van der Waals surface area contributed by atoms with Crippen LogP contribution in [0.2, 0.25) is 5.02 Å². The molecule has 90 valence electrons. The zero-order valence-corrected chi connectivity index (χ0v) is 9.76. The first-order chi connectivity index (χ1) is 8.02. The van der Waals surface area contributed by atoms with Crippen molar-refractivity contribution in [3.8, 4) is 0 Å². The van der Waals surface area contributed by atoms with Crippen molar-refractivity contribution in [1.82, 2.24) is 0 Å². The Hall–Kier alpha value is -1.39. The molecule has 0 radical (unpaired) electrons. The fraction of sp³-hybridized carbons (Fsp3) is 0.167. The molecule has 1 heterocycles. The van der Waals surface area contributed by atoms with Crippen molar-refractivity contribution in [3.05, 3.63) is 58.0 Å². The second-order valence-electron chi connectivity index (χ2n) is 3.67. The molecule has 0 bridgehead atoms. The molecule has 2 aromatic rings. The molecule has 1 aromatic carbocycles. The molecule has 2 rings (SSSR count). The molecule has 0 spiro atoms. The van der Waals surface area contributed by atoms with Crippen LogP contribution in [-0.4, -0.2) is 0 Å². The number of furan rings is 1. The number of aryl methyl sites for hydroxylation is 1. The molecule has 5 heteroatoms. The van der Waals surface area contributed by atoms with Crippen LogP contribution in [-0.2, 0) is 0 Å². The van der Waals surface area contributed by atoms with Gasteiger partial charge in [-0.1, -0.05) is 11.6 Å². The van der Waals surface area contributed by atoms with E-state index >= 15 is 0 Å². The van der Waals surface area contributed by atoms with Gasteiger partial charge in [0.15, 0.2) is 11.6 Å². The largest absolute Gasteiger partial charge is 0.469 e. The highest BCUT2D eigenvalue weighted by Crippen LogP contribution is 2.31. The molecule has 0 saturated carbocycles. The average Bonchev–Trinajstić information content (AvgIpc) is 2.70. The van der Waals surface area contributed by atoms with Crippen molar-refractivity contribution in [1.29, 1.82) is 0 Å². The van der Waals surface area contributed by atoms with Crippen LogP contribution < -0.4 is 5.73 Å². The molecule has 0 aliphatic rings. The number of hydrogen-bond acceptors (Lipinski definition) is 2. The predicted octanol–water partition coefficient (Wildman–Crippen LogP) is 3.57. The van der Waals surface area contributed by atoms with Crippen LogP contribution in [0.5, 0.6) is 0 Å². The first-order valence-electron chi connectivity index (χ1n) is 4.95. The van der Waals surface area contributed by atoms with Gasteiger partial charge in [-0.3, -0.25) is 0 Å². The second kappa shape index (κ2) is 4.47. The Morgan fingerprint density at radius 1 is 1.29 bits per heavy atom. The van der Waals surface area contributed by atoms with Gasteiger partial charge in [-0.25, -0.2) is 8.78 Å². The lowest BCUT2D eigenvalue weighted by molar-refractivity contribution is 0.492. The first-order valence-corrected chi connectivity index (χ1v) is 5.33. The fourth-order valence-corrected chi connectivity index (χ4v) is 1.96. The van der Waals surface area contributed by atoms with Gasteiger partial charge in [0.2, 0.25) is 0 Å². The minimum absolute atomic E-state index is 0.0591. The van der Waals surface area contributed by atoms with Gasteiger partial charge in [-0.05, 0) is 25.1 Å². The zero-order valence-electron chi connectivity index (χ0n) is 9.01. The van der Waals surface area contributed by atoms with Gasteiger partial charge in [-0.2, -0.15) is 0 Å². The topological polar surface area (TPSA) is 39.2 Å². The smallest absolute Gasteiger partial charge is 0.165 e. The Labute approximate surface area is 102 Å². The van der Waals surface area contributed by atoms with Crippen LogP contribution in [0.3, 0.4) is 0 Å². The van der Waals surface area contributed by atoms with Crippen molar-refractivity contribution in [2.45, 2.75) is 13.0 Å². The summed E-state index contributed by atoms with van der Waals surface area (Å²) in [6.45, 7) is 1.69. The van der Waals surface area contributed by atoms with E-state index in [4.69, 9.17) is 21.8 Å². The van der Waals surface area contributed by atoms with Gasteiger partial charge >= 0.3 is 0 Å². The van der Waals surface area contributed by atoms with Crippen LogP contribution in [0.4, 0.5) is 8.78 Å². The van der Waals surface area contributed by atoms with E-state index in [0.29, 0.717) is 11.3 Å². The third-order valence-corrected chi connectivity index (χ3v) is 2.95. The maximum absolute atomic E-state index is 13.7. The highest BCUT2D eigenvalue weighted by atomic mass is 35.5. The summed E-state index contributed by atoms with van der Waals surface area (Å²) in [5, 5.41) is 0.0944. The van der Waals surface area contributed by atoms with Gasteiger partial charge in [0.05, 0.1) is 12.3 Å². The minimum Gasteiger partial charge on any atom is -0.469 e. The third kappa shape index (κ3) is 2.06. The molecule has 0 aliphatic heterocycles. The predicted molar refractivity (Wildman–Crippen MR) is 60.8 cm³/mol. The van der Waals surface area contributed by atoms with Gasteiger partial charge < -0.3 is 10.2 Å². The summed E-state index contributed by atoms with van der Waals surface area (Å²) in [4.78, 5) is 0. The van der Waals surface area contributed by atoms with Crippen molar-refractivity contribution in [2.24, 2.45) is 5.73 Å². The lowest BCUT2D eigenvalue weighted by Crippen LogP contribution is -2.15. The Bertz CT molecular complexity index is 553. The number of halogens is 3. The van der Waals surface area contributed by atoms with E-state index in [1.165, 1.54) is 12.3 Å². The van der Waals surface area contributed by atoms with Crippen molar-refractivity contribution < 1.29 is 13.2 Å². The van der Waals surface area contributed by atoms with Gasteiger partial charge in [0.1, 0.15) is 5.76 Å². The molecule has 17 heavy (non-hydrogen) atoms. The van der Waals surface area contributed by atoms with Crippen LogP contribution in [0.1, 0.15) is 22.9 Å². The SMILES string of the molecule is Cc1occc1C(N)c1c(Cl)ccc(F)c1F. The summed E-state index contributed by atoms with van der Waals surface area (Å²) in [6.07, 6.45) is 1.44. The van der Waals surface area contributed by atoms with Gasteiger partial charge in [0.25, 0.3) is 0 Å². The molecule has 0 saturated heterocycles. The fourth-order valence-electron chi connectivity index (χ4n) is 1.70. The minimum atomic E-state index is -1.02. The summed E-state index contributed by atoms with van der Waals surface area (Å²) in [5.41, 5.74) is 6.40. The van der Waals surface area contributed by atoms with E-state index in [1.54, 1.807) is 13.0 Å². The molecule has 0 fully saturated rings. The summed E-state index contributed by atoms with van der Waals surface area (Å²) < 4.78 is 31.9. The van der Waals surface area contributed by atoms with E-state index in [2.05, 4.69) is 0 Å². The maximum Gasteiger partial charge on any atom is 0.165 e. The average molecular weight is 258 g/mol. The number of rotatable bonds is 2. The Balaban J connectivity index is 2.55. The lowest BCUT2D eigenvalue weighted by Gasteiger charge is -2.14. The molecular weight excluding hydrogens is 248 g/mol. The van der Waals surface area contributed by atoms with E-state index in [9.17, 15) is 8.78 Å². The van der Waals surface area contributed by atoms with Crippen LogP contribution >= 0.6 is 11.6 Å². The highest BCUT2D eigenvalue weighted by molar-refractivity contribution is 6.31. The molecule has 2 nitrogen and oxygen atoms in total. The summed E-state index contributed by atoms with van der Waals surface area (Å²) in [5.74, 6) is -1.44. The monoisotopic (exact) mass is 257 g/mol. The molecule has 1 atom stereocenters. The van der Waals surface area contributed by atoms with Crippen molar-refractivity contribution in [2.75, 3.05) is 0 Å². The highest BCUT2D eigenvalue weighted by Gasteiger charge is 2.22. The zero-order chi connectivity index (χ0) is 12.6. The second-order valence-corrected chi connectivity index (χ2v) is 4.07. The first kappa shape index (κ1) is 12.1. The van der Waals surface area contributed by atoms with E-state index in [1.807, 2.05) is 0 Å². The molecule has 0 amide bonds. The normalized spacial score (nSPS) is 12.8. The number of benzene rings is 1. The van der Waals surface area contributed by atoms with Crippen LogP contribution in [0, 0.1) is 18.6 Å². The van der Waals surface area contributed by atoms with Crippen molar-refractivity contribution >= 4 is 11.6 Å². The number of hydrogen-bond donors (Lipinski definition) is 1. The molecule has 1 unspecified atom stereocenters.